The van der Waals surface area contributed by atoms with Gasteiger partial charge in [0.25, 0.3) is 0 Å². The van der Waals surface area contributed by atoms with Crippen LogP contribution in [0.1, 0.15) is 43.4 Å². The number of aryl methyl sites for hydroxylation is 1. The fourth-order valence-corrected chi connectivity index (χ4v) is 4.41. The van der Waals surface area contributed by atoms with Crippen molar-refractivity contribution in [3.63, 3.8) is 0 Å². The van der Waals surface area contributed by atoms with Crippen molar-refractivity contribution in [2.75, 3.05) is 6.54 Å². The SMILES string of the molecule is NCCCc1nnc(C2C3C4CCC(C4)C23)o1. The highest BCUT2D eigenvalue weighted by Gasteiger charge is 2.67. The van der Waals surface area contributed by atoms with Crippen LogP contribution >= 0.6 is 0 Å². The number of aromatic nitrogens is 2. The van der Waals surface area contributed by atoms with Crippen LogP contribution in [0.25, 0.3) is 0 Å². The Kier molecular flexibility index (Phi) is 2.10. The van der Waals surface area contributed by atoms with Crippen molar-refractivity contribution in [2.24, 2.45) is 29.4 Å². The lowest BCUT2D eigenvalue weighted by molar-refractivity contribution is 0.408. The van der Waals surface area contributed by atoms with Crippen LogP contribution < -0.4 is 5.73 Å². The Bertz CT molecular complexity index is 414. The quantitative estimate of drug-likeness (QED) is 0.860. The van der Waals surface area contributed by atoms with Gasteiger partial charge in [0.05, 0.1) is 0 Å². The third-order valence-electron chi connectivity index (χ3n) is 5.10. The second kappa shape index (κ2) is 3.55. The summed E-state index contributed by atoms with van der Waals surface area (Å²) in [4.78, 5) is 0. The first kappa shape index (κ1) is 10.1. The molecule has 4 heteroatoms. The second-order valence-electron chi connectivity index (χ2n) is 5.94. The van der Waals surface area contributed by atoms with Gasteiger partial charge in [-0.1, -0.05) is 0 Å². The predicted molar refractivity (Wildman–Crippen MR) is 62.2 cm³/mol. The molecule has 4 rings (SSSR count). The zero-order chi connectivity index (χ0) is 11.4. The van der Waals surface area contributed by atoms with E-state index in [2.05, 4.69) is 10.2 Å². The molecule has 0 saturated heterocycles. The zero-order valence-electron chi connectivity index (χ0n) is 10.0. The summed E-state index contributed by atoms with van der Waals surface area (Å²) >= 11 is 0. The molecule has 3 aliphatic rings. The molecule has 4 atom stereocenters. The van der Waals surface area contributed by atoms with E-state index in [1.54, 1.807) is 0 Å². The maximum Gasteiger partial charge on any atom is 0.220 e. The number of nitrogens with two attached hydrogens (primary N) is 1. The van der Waals surface area contributed by atoms with Gasteiger partial charge in [-0.25, -0.2) is 0 Å². The van der Waals surface area contributed by atoms with Crippen LogP contribution in [-0.4, -0.2) is 16.7 Å². The largest absolute Gasteiger partial charge is 0.425 e. The van der Waals surface area contributed by atoms with Gasteiger partial charge in [-0.2, -0.15) is 0 Å². The highest BCUT2D eigenvalue weighted by molar-refractivity contribution is 5.22. The summed E-state index contributed by atoms with van der Waals surface area (Å²) in [5, 5.41) is 8.39. The van der Waals surface area contributed by atoms with Crippen molar-refractivity contribution in [2.45, 2.75) is 38.0 Å². The maximum atomic E-state index is 5.79. The Morgan fingerprint density at radius 1 is 1.18 bits per heavy atom. The summed E-state index contributed by atoms with van der Waals surface area (Å²) in [7, 11) is 0. The molecule has 4 nitrogen and oxygen atoms in total. The van der Waals surface area contributed by atoms with E-state index in [0.717, 1.165) is 48.3 Å². The Labute approximate surface area is 101 Å². The van der Waals surface area contributed by atoms with E-state index >= 15 is 0 Å². The third-order valence-corrected chi connectivity index (χ3v) is 5.10. The lowest BCUT2D eigenvalue weighted by Crippen LogP contribution is -2.00. The summed E-state index contributed by atoms with van der Waals surface area (Å²) in [5.74, 6) is 6.02. The molecular weight excluding hydrogens is 214 g/mol. The van der Waals surface area contributed by atoms with Gasteiger partial charge in [0.1, 0.15) is 0 Å². The van der Waals surface area contributed by atoms with Gasteiger partial charge in [0.2, 0.25) is 11.8 Å². The fraction of sp³-hybridized carbons (Fsp3) is 0.846. The Morgan fingerprint density at radius 3 is 2.65 bits per heavy atom. The van der Waals surface area contributed by atoms with Crippen LogP contribution in [0.2, 0.25) is 0 Å². The summed E-state index contributed by atoms with van der Waals surface area (Å²) < 4.78 is 5.79. The molecule has 0 spiro atoms. The third kappa shape index (κ3) is 1.39. The Morgan fingerprint density at radius 2 is 1.94 bits per heavy atom. The van der Waals surface area contributed by atoms with Gasteiger partial charge < -0.3 is 10.2 Å². The van der Waals surface area contributed by atoms with Crippen molar-refractivity contribution in [3.8, 4) is 0 Å². The molecule has 2 N–H and O–H groups in total. The summed E-state index contributed by atoms with van der Waals surface area (Å²) in [6, 6.07) is 0. The first-order valence-electron chi connectivity index (χ1n) is 6.91. The minimum Gasteiger partial charge on any atom is -0.425 e. The topological polar surface area (TPSA) is 64.9 Å². The van der Waals surface area contributed by atoms with E-state index in [9.17, 15) is 0 Å². The average molecular weight is 233 g/mol. The van der Waals surface area contributed by atoms with E-state index in [0.29, 0.717) is 12.5 Å². The van der Waals surface area contributed by atoms with Crippen LogP contribution in [0.3, 0.4) is 0 Å². The van der Waals surface area contributed by atoms with Gasteiger partial charge in [0.15, 0.2) is 0 Å². The normalized spacial score (nSPS) is 41.8. The summed E-state index contributed by atoms with van der Waals surface area (Å²) in [6.45, 7) is 0.691. The van der Waals surface area contributed by atoms with Crippen molar-refractivity contribution < 1.29 is 4.42 Å². The molecule has 3 fully saturated rings. The monoisotopic (exact) mass is 233 g/mol. The molecule has 0 amide bonds. The molecule has 0 aromatic carbocycles. The van der Waals surface area contributed by atoms with Crippen molar-refractivity contribution >= 4 is 0 Å². The highest BCUT2D eigenvalue weighted by Crippen LogP contribution is 2.72. The molecule has 1 heterocycles. The van der Waals surface area contributed by atoms with E-state index in [4.69, 9.17) is 10.2 Å². The van der Waals surface area contributed by atoms with Crippen LogP contribution in [0, 0.1) is 23.7 Å². The van der Waals surface area contributed by atoms with E-state index in [1.165, 1.54) is 19.3 Å². The summed E-state index contributed by atoms with van der Waals surface area (Å²) in [6.07, 6.45) is 6.12. The van der Waals surface area contributed by atoms with Crippen LogP contribution in [0.15, 0.2) is 4.42 Å². The molecule has 3 saturated carbocycles. The lowest BCUT2D eigenvalue weighted by atomic mass is 10.0. The summed E-state index contributed by atoms with van der Waals surface area (Å²) in [5.41, 5.74) is 5.48. The molecule has 2 bridgehead atoms. The number of hydrogen-bond donors (Lipinski definition) is 1. The van der Waals surface area contributed by atoms with Crippen LogP contribution in [-0.2, 0) is 6.42 Å². The van der Waals surface area contributed by atoms with Gasteiger partial charge in [-0.15, -0.1) is 10.2 Å². The van der Waals surface area contributed by atoms with Crippen LogP contribution in [0.4, 0.5) is 0 Å². The molecule has 1 aromatic rings. The van der Waals surface area contributed by atoms with Gasteiger partial charge in [-0.3, -0.25) is 0 Å². The fourth-order valence-electron chi connectivity index (χ4n) is 4.41. The van der Waals surface area contributed by atoms with E-state index < -0.39 is 0 Å². The number of fused-ring (bicyclic) bond motifs is 5. The van der Waals surface area contributed by atoms with Gasteiger partial charge >= 0.3 is 0 Å². The zero-order valence-corrected chi connectivity index (χ0v) is 10.0. The standard InChI is InChI=1S/C13H19N3O/c14-5-1-2-9-15-16-13(17-9)12-10-7-3-4-8(6-7)11(10)12/h7-8,10-12H,1-6,14H2. The first-order chi connectivity index (χ1) is 8.38. The molecular formula is C13H19N3O. The molecule has 0 aliphatic heterocycles. The Hall–Kier alpha value is -0.900. The minimum atomic E-state index is 0.611. The van der Waals surface area contributed by atoms with E-state index in [1.807, 2.05) is 0 Å². The first-order valence-corrected chi connectivity index (χ1v) is 6.91. The predicted octanol–water partition coefficient (Wildman–Crippen LogP) is 1.72. The average Bonchev–Trinajstić information content (AvgIpc) is 2.78. The number of rotatable bonds is 4. The molecule has 1 aromatic heterocycles. The molecule has 92 valence electrons. The second-order valence-corrected chi connectivity index (χ2v) is 5.94. The molecule has 17 heavy (non-hydrogen) atoms. The highest BCUT2D eigenvalue weighted by atomic mass is 16.4. The number of hydrogen-bond acceptors (Lipinski definition) is 4. The molecule has 0 radical (unpaired) electrons. The molecule has 3 aliphatic carbocycles. The minimum absolute atomic E-state index is 0.611. The van der Waals surface area contributed by atoms with E-state index in [-0.39, 0.29) is 0 Å². The van der Waals surface area contributed by atoms with Gasteiger partial charge in [-0.05, 0) is 55.9 Å². The van der Waals surface area contributed by atoms with Crippen molar-refractivity contribution in [3.05, 3.63) is 11.8 Å². The van der Waals surface area contributed by atoms with Crippen LogP contribution in [0.5, 0.6) is 0 Å². The maximum absolute atomic E-state index is 5.79. The Balaban J connectivity index is 1.48. The van der Waals surface area contributed by atoms with Crippen molar-refractivity contribution in [1.82, 2.24) is 10.2 Å². The van der Waals surface area contributed by atoms with Gasteiger partial charge in [0, 0.05) is 12.3 Å². The smallest absolute Gasteiger partial charge is 0.220 e. The number of nitrogens with zero attached hydrogens (tertiary/aromatic N) is 2. The van der Waals surface area contributed by atoms with Crippen molar-refractivity contribution in [1.29, 1.82) is 0 Å². The molecule has 4 unspecified atom stereocenters. The lowest BCUT2D eigenvalue weighted by Gasteiger charge is -2.04.